The van der Waals surface area contributed by atoms with Gasteiger partial charge in [0.15, 0.2) is 0 Å². The largest absolute Gasteiger partial charge is 0.444 e. The molecule has 0 fully saturated rings. The third-order valence-corrected chi connectivity index (χ3v) is 4.15. The monoisotopic (exact) mass is 499 g/mol. The number of carbonyl (C=O) groups excluding carboxylic acids is 7. The lowest BCUT2D eigenvalue weighted by Crippen LogP contribution is -2.50. The zero-order valence-corrected chi connectivity index (χ0v) is 20.9. The van der Waals surface area contributed by atoms with E-state index in [4.69, 9.17) is 4.74 Å². The first-order valence-corrected chi connectivity index (χ1v) is 11.3. The van der Waals surface area contributed by atoms with Gasteiger partial charge in [-0.15, -0.1) is 0 Å². The van der Waals surface area contributed by atoms with Gasteiger partial charge in [0.25, 0.3) is 0 Å². The van der Waals surface area contributed by atoms with Crippen LogP contribution in [0.3, 0.4) is 0 Å². The van der Waals surface area contributed by atoms with E-state index in [0.29, 0.717) is 19.0 Å². The average molecular weight is 500 g/mol. The quantitative estimate of drug-likeness (QED) is 0.176. The minimum Gasteiger partial charge on any atom is -0.444 e. The molecule has 0 saturated carbocycles. The SMILES string of the molecule is CC(C)CC(C=O)NC(=O)CNC(=O)CCC(NC(=O)CNC(=O)OC(C)(C)C)C(=O)NCC=O. The molecule has 2 atom stereocenters. The van der Waals surface area contributed by atoms with Gasteiger partial charge in [0, 0.05) is 6.42 Å². The number of hydrogen-bond donors (Lipinski definition) is 5. The highest BCUT2D eigenvalue weighted by atomic mass is 16.6. The Morgan fingerprint density at radius 3 is 2.00 bits per heavy atom. The van der Waals surface area contributed by atoms with Crippen LogP contribution in [0.4, 0.5) is 4.79 Å². The zero-order valence-electron chi connectivity index (χ0n) is 20.9. The van der Waals surface area contributed by atoms with Crippen molar-refractivity contribution in [2.45, 2.75) is 71.6 Å². The van der Waals surface area contributed by atoms with Crippen molar-refractivity contribution < 1.29 is 38.3 Å². The van der Waals surface area contributed by atoms with Crippen LogP contribution in [0.1, 0.15) is 53.9 Å². The molecule has 35 heavy (non-hydrogen) atoms. The van der Waals surface area contributed by atoms with E-state index in [0.717, 1.165) is 0 Å². The maximum Gasteiger partial charge on any atom is 0.408 e. The van der Waals surface area contributed by atoms with Crippen LogP contribution in [-0.4, -0.2) is 79.6 Å². The van der Waals surface area contributed by atoms with Gasteiger partial charge in [0.2, 0.25) is 23.6 Å². The molecule has 2 unspecified atom stereocenters. The Hall–Kier alpha value is -3.51. The highest BCUT2D eigenvalue weighted by Crippen LogP contribution is 2.06. The second kappa shape index (κ2) is 16.2. The predicted octanol–water partition coefficient (Wildman–Crippen LogP) is -1.06. The van der Waals surface area contributed by atoms with E-state index >= 15 is 0 Å². The lowest BCUT2D eigenvalue weighted by molar-refractivity contribution is -0.130. The van der Waals surface area contributed by atoms with Crippen LogP contribution in [0.25, 0.3) is 0 Å². The molecule has 13 heteroatoms. The van der Waals surface area contributed by atoms with E-state index in [1.165, 1.54) is 0 Å². The molecule has 0 spiro atoms. The Bertz CT molecular complexity index is 763. The van der Waals surface area contributed by atoms with Crippen molar-refractivity contribution >= 4 is 42.3 Å². The van der Waals surface area contributed by atoms with E-state index in [1.807, 2.05) is 13.8 Å². The summed E-state index contributed by atoms with van der Waals surface area (Å²) >= 11 is 0. The molecule has 0 aliphatic heterocycles. The first-order chi connectivity index (χ1) is 16.3. The van der Waals surface area contributed by atoms with Crippen LogP contribution < -0.4 is 26.6 Å². The minimum atomic E-state index is -1.17. The predicted molar refractivity (Wildman–Crippen MR) is 125 cm³/mol. The van der Waals surface area contributed by atoms with Crippen LogP contribution in [0.2, 0.25) is 0 Å². The molecule has 0 radical (unpaired) electrons. The van der Waals surface area contributed by atoms with Crippen molar-refractivity contribution in [1.29, 1.82) is 0 Å². The molecular formula is C22H37N5O8. The maximum absolute atomic E-state index is 12.3. The molecule has 0 aliphatic rings. The van der Waals surface area contributed by atoms with Crippen molar-refractivity contribution in [3.05, 3.63) is 0 Å². The second-order valence-corrected chi connectivity index (χ2v) is 9.14. The smallest absolute Gasteiger partial charge is 0.408 e. The topological polar surface area (TPSA) is 189 Å². The fourth-order valence-electron chi connectivity index (χ4n) is 2.70. The van der Waals surface area contributed by atoms with Crippen molar-refractivity contribution in [3.8, 4) is 0 Å². The first-order valence-electron chi connectivity index (χ1n) is 11.3. The maximum atomic E-state index is 12.3. The third-order valence-electron chi connectivity index (χ3n) is 4.15. The summed E-state index contributed by atoms with van der Waals surface area (Å²) < 4.78 is 5.02. The van der Waals surface area contributed by atoms with E-state index in [9.17, 15) is 33.6 Å². The molecule has 5 N–H and O–H groups in total. The van der Waals surface area contributed by atoms with Crippen molar-refractivity contribution in [1.82, 2.24) is 26.6 Å². The summed E-state index contributed by atoms with van der Waals surface area (Å²) in [5.41, 5.74) is -0.759. The molecule has 0 saturated heterocycles. The van der Waals surface area contributed by atoms with Gasteiger partial charge in [-0.25, -0.2) is 4.79 Å². The molecular weight excluding hydrogens is 462 g/mol. The normalized spacial score (nSPS) is 12.5. The number of hydrogen-bond acceptors (Lipinski definition) is 8. The number of alkyl carbamates (subject to hydrolysis) is 1. The lowest BCUT2D eigenvalue weighted by Gasteiger charge is -2.20. The van der Waals surface area contributed by atoms with Crippen LogP contribution >= 0.6 is 0 Å². The molecule has 0 aromatic heterocycles. The molecule has 0 rings (SSSR count). The molecule has 0 bridgehead atoms. The number of nitrogens with one attached hydrogen (secondary N) is 5. The zero-order chi connectivity index (χ0) is 27.0. The number of aldehydes is 2. The molecule has 0 aromatic rings. The van der Waals surface area contributed by atoms with Gasteiger partial charge >= 0.3 is 6.09 Å². The standard InChI is InChI=1S/C22H37N5O8/c1-14(2)10-15(13-29)26-18(31)11-24-17(30)7-6-16(20(33)23-8-9-28)27-19(32)12-25-21(34)35-22(3,4)5/h9,13-16H,6-8,10-12H2,1-5H3,(H,23,33)(H,24,30)(H,25,34)(H,26,31)(H,27,32). The average Bonchev–Trinajstić information content (AvgIpc) is 2.75. The number of rotatable bonds is 15. The van der Waals surface area contributed by atoms with E-state index in [-0.39, 0.29) is 31.8 Å². The van der Waals surface area contributed by atoms with Gasteiger partial charge in [-0.2, -0.15) is 0 Å². The molecule has 0 aromatic carbocycles. The summed E-state index contributed by atoms with van der Waals surface area (Å²) in [6.07, 6.45) is 0.359. The number of amides is 5. The summed E-state index contributed by atoms with van der Waals surface area (Å²) in [5.74, 6) is -2.33. The molecule has 198 valence electrons. The summed E-state index contributed by atoms with van der Waals surface area (Å²) in [6, 6.07) is -1.83. The fourth-order valence-corrected chi connectivity index (χ4v) is 2.70. The van der Waals surface area contributed by atoms with Gasteiger partial charge in [0.05, 0.1) is 19.1 Å². The number of ether oxygens (including phenoxy) is 1. The highest BCUT2D eigenvalue weighted by Gasteiger charge is 2.23. The lowest BCUT2D eigenvalue weighted by atomic mass is 10.1. The minimum absolute atomic E-state index is 0.138. The Balaban J connectivity index is 4.73. The van der Waals surface area contributed by atoms with Crippen molar-refractivity contribution in [3.63, 3.8) is 0 Å². The third kappa shape index (κ3) is 16.7. The Morgan fingerprint density at radius 1 is 0.857 bits per heavy atom. The van der Waals surface area contributed by atoms with E-state index in [2.05, 4.69) is 26.6 Å². The first kappa shape index (κ1) is 31.5. The van der Waals surface area contributed by atoms with Crippen molar-refractivity contribution in [2.24, 2.45) is 5.92 Å². The summed E-state index contributed by atoms with van der Waals surface area (Å²) in [7, 11) is 0. The van der Waals surface area contributed by atoms with Crippen LogP contribution in [0, 0.1) is 5.92 Å². The van der Waals surface area contributed by atoms with E-state index in [1.54, 1.807) is 20.8 Å². The van der Waals surface area contributed by atoms with Crippen LogP contribution in [-0.2, 0) is 33.5 Å². The van der Waals surface area contributed by atoms with Crippen LogP contribution in [0.15, 0.2) is 0 Å². The Labute approximate surface area is 204 Å². The molecule has 0 aliphatic carbocycles. The van der Waals surface area contributed by atoms with Crippen LogP contribution in [0.5, 0.6) is 0 Å². The van der Waals surface area contributed by atoms with Gasteiger partial charge in [-0.05, 0) is 39.5 Å². The van der Waals surface area contributed by atoms with Gasteiger partial charge in [-0.1, -0.05) is 13.8 Å². The molecule has 13 nitrogen and oxygen atoms in total. The highest BCUT2D eigenvalue weighted by molar-refractivity contribution is 5.91. The van der Waals surface area contributed by atoms with Gasteiger partial charge in [0.1, 0.15) is 30.8 Å². The van der Waals surface area contributed by atoms with Gasteiger partial charge < -0.3 is 40.9 Å². The van der Waals surface area contributed by atoms with Crippen molar-refractivity contribution in [2.75, 3.05) is 19.6 Å². The second-order valence-electron chi connectivity index (χ2n) is 9.14. The Morgan fingerprint density at radius 2 is 1.46 bits per heavy atom. The van der Waals surface area contributed by atoms with Gasteiger partial charge in [-0.3, -0.25) is 19.2 Å². The van der Waals surface area contributed by atoms with E-state index < -0.39 is 54.0 Å². The molecule has 5 amide bonds. The number of carbonyl (C=O) groups is 7. The summed E-state index contributed by atoms with van der Waals surface area (Å²) in [5, 5.41) is 11.8. The summed E-state index contributed by atoms with van der Waals surface area (Å²) in [4.78, 5) is 81.7. The fraction of sp³-hybridized carbons (Fsp3) is 0.682. The molecule has 0 heterocycles. The Kier molecular flexibility index (Phi) is 14.6. The summed E-state index contributed by atoms with van der Waals surface area (Å²) in [6.45, 7) is 7.63.